The smallest absolute Gasteiger partial charge is 0.235 e. The highest BCUT2D eigenvalue weighted by molar-refractivity contribution is 7.99. The van der Waals surface area contributed by atoms with E-state index >= 15 is 0 Å². The van der Waals surface area contributed by atoms with Crippen molar-refractivity contribution in [1.82, 2.24) is 14.8 Å². The number of pyridine rings is 1. The molecular weight excluding hydrogens is 368 g/mol. The van der Waals surface area contributed by atoms with E-state index in [1.54, 1.807) is 4.68 Å². The molecule has 6 heteroatoms. The Kier molecular flexibility index (Phi) is 5.12. The lowest BCUT2D eigenvalue weighted by Crippen LogP contribution is -2.17. The molecule has 0 bridgehead atoms. The minimum Gasteiger partial charge on any atom is -0.310 e. The van der Waals surface area contributed by atoms with Crippen LogP contribution in [0.25, 0.3) is 16.6 Å². The Bertz CT molecular complexity index is 1140. The van der Waals surface area contributed by atoms with Gasteiger partial charge in [0.2, 0.25) is 5.91 Å². The fourth-order valence-corrected chi connectivity index (χ4v) is 3.84. The number of carbonyl (C=O) groups excluding carboxylic acids is 1. The minimum absolute atomic E-state index is 0.0882. The molecule has 2 aromatic carbocycles. The third-order valence-corrected chi connectivity index (χ3v) is 5.26. The average Bonchev–Trinajstić information content (AvgIpc) is 3.07. The zero-order valence-corrected chi connectivity index (χ0v) is 16.5. The third kappa shape index (κ3) is 3.92. The van der Waals surface area contributed by atoms with E-state index in [9.17, 15) is 4.79 Å². The van der Waals surface area contributed by atoms with Gasteiger partial charge in [0.05, 0.1) is 27.7 Å². The number of hydrogen-bond acceptors (Lipinski definition) is 4. The number of aromatic nitrogens is 3. The van der Waals surface area contributed by atoms with Crippen LogP contribution in [0.1, 0.15) is 11.3 Å². The third-order valence-electron chi connectivity index (χ3n) is 4.35. The Balaban J connectivity index is 1.47. The van der Waals surface area contributed by atoms with Crippen molar-refractivity contribution < 1.29 is 4.79 Å². The highest BCUT2D eigenvalue weighted by atomic mass is 32.2. The molecule has 0 unspecified atom stereocenters. The standard InChI is InChI=1S/C22H20N4OS/c1-15-12-22(23-19-11-7-6-10-18(15)19)28-14-21(27)24-20-13-16(2)25-26(20)17-8-4-3-5-9-17/h3-13H,14H2,1-2H3,(H,24,27). The first-order valence-electron chi connectivity index (χ1n) is 9.01. The van der Waals surface area contributed by atoms with Gasteiger partial charge in [-0.15, -0.1) is 0 Å². The molecule has 0 fully saturated rings. The van der Waals surface area contributed by atoms with Gasteiger partial charge in [0.1, 0.15) is 5.82 Å². The van der Waals surface area contributed by atoms with Crippen LogP contribution in [0.5, 0.6) is 0 Å². The molecule has 0 radical (unpaired) electrons. The van der Waals surface area contributed by atoms with Gasteiger partial charge in [0, 0.05) is 11.5 Å². The number of fused-ring (bicyclic) bond motifs is 1. The molecule has 0 atom stereocenters. The van der Waals surface area contributed by atoms with E-state index in [1.165, 1.54) is 11.8 Å². The van der Waals surface area contributed by atoms with Crippen molar-refractivity contribution in [3.8, 4) is 5.69 Å². The number of aryl methyl sites for hydroxylation is 2. The highest BCUT2D eigenvalue weighted by Crippen LogP contribution is 2.24. The van der Waals surface area contributed by atoms with Gasteiger partial charge in [0.25, 0.3) is 0 Å². The van der Waals surface area contributed by atoms with Crippen LogP contribution in [0, 0.1) is 13.8 Å². The summed E-state index contributed by atoms with van der Waals surface area (Å²) in [5.74, 6) is 0.857. The lowest BCUT2D eigenvalue weighted by molar-refractivity contribution is -0.113. The Morgan fingerprint density at radius 2 is 1.79 bits per heavy atom. The topological polar surface area (TPSA) is 59.8 Å². The summed E-state index contributed by atoms with van der Waals surface area (Å²) < 4.78 is 1.75. The Hall–Kier alpha value is -3.12. The van der Waals surface area contributed by atoms with Crippen molar-refractivity contribution in [1.29, 1.82) is 0 Å². The maximum atomic E-state index is 12.5. The van der Waals surface area contributed by atoms with Crippen LogP contribution >= 0.6 is 11.8 Å². The molecule has 1 amide bonds. The molecule has 5 nitrogen and oxygen atoms in total. The van der Waals surface area contributed by atoms with Crippen molar-refractivity contribution in [2.24, 2.45) is 0 Å². The van der Waals surface area contributed by atoms with E-state index in [1.807, 2.05) is 67.6 Å². The predicted octanol–water partition coefficient (Wildman–Crippen LogP) is 4.77. The van der Waals surface area contributed by atoms with Gasteiger partial charge >= 0.3 is 0 Å². The van der Waals surface area contributed by atoms with Crippen molar-refractivity contribution in [3.05, 3.63) is 78.0 Å². The second-order valence-corrected chi connectivity index (χ2v) is 7.55. The lowest BCUT2D eigenvalue weighted by Gasteiger charge is -2.09. The molecule has 4 rings (SSSR count). The summed E-state index contributed by atoms with van der Waals surface area (Å²) in [5.41, 5.74) is 3.86. The average molecular weight is 388 g/mol. The van der Waals surface area contributed by atoms with Gasteiger partial charge in [0.15, 0.2) is 0 Å². The summed E-state index contributed by atoms with van der Waals surface area (Å²) in [6, 6.07) is 21.7. The van der Waals surface area contributed by atoms with Crippen molar-refractivity contribution in [3.63, 3.8) is 0 Å². The van der Waals surface area contributed by atoms with Crippen LogP contribution in [0.3, 0.4) is 0 Å². The summed E-state index contributed by atoms with van der Waals surface area (Å²) in [6.07, 6.45) is 0. The van der Waals surface area contributed by atoms with E-state index in [4.69, 9.17) is 0 Å². The Morgan fingerprint density at radius 1 is 1.04 bits per heavy atom. The lowest BCUT2D eigenvalue weighted by atomic mass is 10.1. The van der Waals surface area contributed by atoms with Crippen LogP contribution in [-0.2, 0) is 4.79 Å². The van der Waals surface area contributed by atoms with Gasteiger partial charge in [-0.1, -0.05) is 48.2 Å². The van der Waals surface area contributed by atoms with Crippen molar-refractivity contribution in [2.45, 2.75) is 18.9 Å². The largest absolute Gasteiger partial charge is 0.310 e. The zero-order valence-electron chi connectivity index (χ0n) is 15.7. The molecule has 0 spiro atoms. The van der Waals surface area contributed by atoms with Crippen LogP contribution in [0.15, 0.2) is 71.8 Å². The monoisotopic (exact) mass is 388 g/mol. The second kappa shape index (κ2) is 7.86. The van der Waals surface area contributed by atoms with Gasteiger partial charge in [-0.3, -0.25) is 4.79 Å². The maximum Gasteiger partial charge on any atom is 0.235 e. The van der Waals surface area contributed by atoms with E-state index in [0.717, 1.165) is 32.9 Å². The summed E-state index contributed by atoms with van der Waals surface area (Å²) in [5, 5.41) is 9.43. The van der Waals surface area contributed by atoms with Gasteiger partial charge in [-0.25, -0.2) is 9.67 Å². The molecule has 0 saturated heterocycles. The summed E-state index contributed by atoms with van der Waals surface area (Å²) in [6.45, 7) is 3.97. The molecule has 0 aliphatic rings. The van der Waals surface area contributed by atoms with Crippen LogP contribution in [0.2, 0.25) is 0 Å². The van der Waals surface area contributed by atoms with Crippen LogP contribution in [0.4, 0.5) is 5.82 Å². The number of anilines is 1. The normalized spacial score (nSPS) is 10.9. The fraction of sp³-hybridized carbons (Fsp3) is 0.136. The number of nitrogens with zero attached hydrogens (tertiary/aromatic N) is 3. The van der Waals surface area contributed by atoms with E-state index in [0.29, 0.717) is 5.82 Å². The fourth-order valence-electron chi connectivity index (χ4n) is 3.07. The maximum absolute atomic E-state index is 12.5. The van der Waals surface area contributed by atoms with Gasteiger partial charge < -0.3 is 5.32 Å². The second-order valence-electron chi connectivity index (χ2n) is 6.55. The molecule has 28 heavy (non-hydrogen) atoms. The number of para-hydroxylation sites is 2. The van der Waals surface area contributed by atoms with E-state index < -0.39 is 0 Å². The Labute approximate surface area is 167 Å². The SMILES string of the molecule is Cc1cc(NC(=O)CSc2cc(C)c3ccccc3n2)n(-c2ccccc2)n1. The molecule has 0 saturated carbocycles. The number of benzene rings is 2. The summed E-state index contributed by atoms with van der Waals surface area (Å²) >= 11 is 1.43. The molecule has 0 aliphatic carbocycles. The molecular formula is C22H20N4OS. The summed E-state index contributed by atoms with van der Waals surface area (Å²) in [4.78, 5) is 17.2. The van der Waals surface area contributed by atoms with Crippen molar-refractivity contribution >= 4 is 34.4 Å². The van der Waals surface area contributed by atoms with Crippen molar-refractivity contribution in [2.75, 3.05) is 11.1 Å². The summed E-state index contributed by atoms with van der Waals surface area (Å²) in [7, 11) is 0. The molecule has 140 valence electrons. The first-order valence-corrected chi connectivity index (χ1v) is 10.00. The minimum atomic E-state index is -0.0882. The highest BCUT2D eigenvalue weighted by Gasteiger charge is 2.12. The van der Waals surface area contributed by atoms with Gasteiger partial charge in [-0.05, 0) is 43.7 Å². The first kappa shape index (κ1) is 18.3. The number of nitrogens with one attached hydrogen (secondary N) is 1. The quantitative estimate of drug-likeness (QED) is 0.501. The molecule has 1 N–H and O–H groups in total. The molecule has 4 aromatic rings. The number of rotatable bonds is 5. The van der Waals surface area contributed by atoms with Crippen LogP contribution in [-0.4, -0.2) is 26.4 Å². The predicted molar refractivity (Wildman–Crippen MR) is 114 cm³/mol. The molecule has 2 heterocycles. The number of carbonyl (C=O) groups is 1. The van der Waals surface area contributed by atoms with Gasteiger partial charge in [-0.2, -0.15) is 5.10 Å². The molecule has 0 aliphatic heterocycles. The zero-order chi connectivity index (χ0) is 19.5. The van der Waals surface area contributed by atoms with E-state index in [2.05, 4.69) is 28.4 Å². The number of hydrogen-bond donors (Lipinski definition) is 1. The Morgan fingerprint density at radius 3 is 2.61 bits per heavy atom. The first-order chi connectivity index (χ1) is 13.6. The van der Waals surface area contributed by atoms with Crippen LogP contribution < -0.4 is 5.32 Å². The van der Waals surface area contributed by atoms with E-state index in [-0.39, 0.29) is 11.7 Å². The number of thioether (sulfide) groups is 1. The number of amides is 1. The molecule has 2 aromatic heterocycles.